The molecule has 1 fully saturated rings. The number of carbonyl (C=O) groups is 1. The van der Waals surface area contributed by atoms with Crippen molar-refractivity contribution in [2.24, 2.45) is 5.92 Å². The fourth-order valence-corrected chi connectivity index (χ4v) is 4.17. The maximum atomic E-state index is 12.9. The third kappa shape index (κ3) is 3.29. The highest BCUT2D eigenvalue weighted by molar-refractivity contribution is 7.08. The zero-order valence-electron chi connectivity index (χ0n) is 14.9. The predicted molar refractivity (Wildman–Crippen MR) is 98.0 cm³/mol. The van der Waals surface area contributed by atoms with Crippen LogP contribution in [0.4, 0.5) is 0 Å². The number of likely N-dealkylation sites (tertiary alicyclic amines) is 1. The lowest BCUT2D eigenvalue weighted by atomic mass is 9.94. The summed E-state index contributed by atoms with van der Waals surface area (Å²) in [5.74, 6) is 1.66. The number of H-pyrrole nitrogens is 1. The molecule has 1 aliphatic heterocycles. The molecule has 1 aliphatic rings. The Morgan fingerprint density at radius 3 is 3.08 bits per heavy atom. The van der Waals surface area contributed by atoms with E-state index in [0.29, 0.717) is 36.2 Å². The van der Waals surface area contributed by atoms with Gasteiger partial charge in [-0.2, -0.15) is 21.4 Å². The number of thiophene rings is 1. The Balaban J connectivity index is 1.43. The topological polar surface area (TPSA) is 87.9 Å². The van der Waals surface area contributed by atoms with Gasteiger partial charge in [-0.3, -0.25) is 9.89 Å². The zero-order valence-corrected chi connectivity index (χ0v) is 15.7. The van der Waals surface area contributed by atoms with Crippen molar-refractivity contribution in [2.75, 3.05) is 13.1 Å². The number of hydrogen-bond acceptors (Lipinski definition) is 6. The van der Waals surface area contributed by atoms with E-state index in [9.17, 15) is 4.79 Å². The van der Waals surface area contributed by atoms with Crippen molar-refractivity contribution < 1.29 is 9.32 Å². The molecule has 8 heteroatoms. The van der Waals surface area contributed by atoms with Crippen molar-refractivity contribution in [3.63, 3.8) is 0 Å². The monoisotopic (exact) mass is 371 g/mol. The highest BCUT2D eigenvalue weighted by Crippen LogP contribution is 2.25. The number of hydrogen-bond donors (Lipinski definition) is 1. The number of nitrogens with one attached hydrogen (secondary N) is 1. The van der Waals surface area contributed by atoms with Gasteiger partial charge in [-0.05, 0) is 44.1 Å². The predicted octanol–water partition coefficient (Wildman–Crippen LogP) is 3.23. The Morgan fingerprint density at radius 1 is 1.46 bits per heavy atom. The van der Waals surface area contributed by atoms with Crippen molar-refractivity contribution in [1.82, 2.24) is 25.2 Å². The van der Waals surface area contributed by atoms with Gasteiger partial charge in [0, 0.05) is 36.1 Å². The SMILES string of the molecule is Cc1n[nH]c(C)c1C(=O)N1CCCC(Cc2nc(-c3ccsc3)no2)C1. The Bertz CT molecular complexity index is 879. The van der Waals surface area contributed by atoms with Crippen LogP contribution in [0.5, 0.6) is 0 Å². The van der Waals surface area contributed by atoms with E-state index >= 15 is 0 Å². The molecule has 4 heterocycles. The molecule has 0 spiro atoms. The molecule has 1 N–H and O–H groups in total. The molecule has 4 rings (SSSR count). The average molecular weight is 371 g/mol. The fraction of sp³-hybridized carbons (Fsp3) is 0.444. The standard InChI is InChI=1S/C18H21N5O2S/c1-11-16(12(2)21-20-11)18(24)23-6-3-4-13(9-23)8-15-19-17(22-25-15)14-5-7-26-10-14/h5,7,10,13H,3-4,6,8-9H2,1-2H3,(H,20,21). The number of aryl methyl sites for hydroxylation is 2. The van der Waals surface area contributed by atoms with Crippen molar-refractivity contribution in [2.45, 2.75) is 33.1 Å². The summed E-state index contributed by atoms with van der Waals surface area (Å²) in [4.78, 5) is 19.3. The number of aromatic amines is 1. The quantitative estimate of drug-likeness (QED) is 0.761. The van der Waals surface area contributed by atoms with E-state index in [1.165, 1.54) is 0 Å². The maximum Gasteiger partial charge on any atom is 0.257 e. The molecule has 1 atom stereocenters. The number of rotatable bonds is 4. The van der Waals surface area contributed by atoms with Gasteiger partial charge in [-0.25, -0.2) is 0 Å². The van der Waals surface area contributed by atoms with Gasteiger partial charge in [-0.15, -0.1) is 0 Å². The fourth-order valence-electron chi connectivity index (χ4n) is 3.53. The maximum absolute atomic E-state index is 12.9. The van der Waals surface area contributed by atoms with Crippen LogP contribution in [0.2, 0.25) is 0 Å². The smallest absolute Gasteiger partial charge is 0.257 e. The Kier molecular flexibility index (Phi) is 4.58. The lowest BCUT2D eigenvalue weighted by Gasteiger charge is -2.32. The molecule has 7 nitrogen and oxygen atoms in total. The molecular formula is C18H21N5O2S. The summed E-state index contributed by atoms with van der Waals surface area (Å²) in [5, 5.41) is 15.1. The second-order valence-corrected chi connectivity index (χ2v) is 7.58. The summed E-state index contributed by atoms with van der Waals surface area (Å²) in [5.41, 5.74) is 3.26. The number of carbonyl (C=O) groups excluding carboxylic acids is 1. The first-order chi connectivity index (χ1) is 12.6. The molecular weight excluding hydrogens is 350 g/mol. The number of nitrogens with zero attached hydrogens (tertiary/aromatic N) is 4. The minimum Gasteiger partial charge on any atom is -0.339 e. The molecule has 26 heavy (non-hydrogen) atoms. The third-order valence-electron chi connectivity index (χ3n) is 4.86. The van der Waals surface area contributed by atoms with Crippen LogP contribution in [0.1, 0.15) is 40.5 Å². The molecule has 1 unspecified atom stereocenters. The van der Waals surface area contributed by atoms with Gasteiger partial charge in [-0.1, -0.05) is 5.16 Å². The number of piperidine rings is 1. The summed E-state index contributed by atoms with van der Waals surface area (Å²) < 4.78 is 5.42. The Hall–Kier alpha value is -2.48. The highest BCUT2D eigenvalue weighted by atomic mass is 32.1. The van der Waals surface area contributed by atoms with Crippen LogP contribution in [0, 0.1) is 19.8 Å². The first kappa shape index (κ1) is 17.0. The van der Waals surface area contributed by atoms with Gasteiger partial charge in [0.05, 0.1) is 11.3 Å². The average Bonchev–Trinajstić information content (AvgIpc) is 3.37. The Labute approximate surface area is 155 Å². The molecule has 3 aromatic rings. The van der Waals surface area contributed by atoms with Gasteiger partial charge in [0.25, 0.3) is 5.91 Å². The van der Waals surface area contributed by atoms with Gasteiger partial charge in [0.2, 0.25) is 11.7 Å². The van der Waals surface area contributed by atoms with Crippen molar-refractivity contribution in [1.29, 1.82) is 0 Å². The van der Waals surface area contributed by atoms with Crippen molar-refractivity contribution in [3.05, 3.63) is 39.7 Å². The normalized spacial score (nSPS) is 17.6. The van der Waals surface area contributed by atoms with Crippen LogP contribution >= 0.6 is 11.3 Å². The van der Waals surface area contributed by atoms with E-state index in [4.69, 9.17) is 4.52 Å². The molecule has 1 saturated heterocycles. The van der Waals surface area contributed by atoms with Crippen LogP contribution in [-0.2, 0) is 6.42 Å². The summed E-state index contributed by atoms with van der Waals surface area (Å²) in [6.07, 6.45) is 2.74. The molecule has 136 valence electrons. The first-order valence-corrected chi connectivity index (χ1v) is 9.72. The molecule has 0 aromatic carbocycles. The van der Waals surface area contributed by atoms with E-state index < -0.39 is 0 Å². The minimum absolute atomic E-state index is 0.0583. The van der Waals surface area contributed by atoms with E-state index in [2.05, 4.69) is 20.3 Å². The summed E-state index contributed by atoms with van der Waals surface area (Å²) in [6.45, 7) is 5.24. The summed E-state index contributed by atoms with van der Waals surface area (Å²) >= 11 is 1.61. The molecule has 3 aromatic heterocycles. The van der Waals surface area contributed by atoms with Crippen LogP contribution in [-0.4, -0.2) is 44.2 Å². The van der Waals surface area contributed by atoms with Gasteiger partial charge >= 0.3 is 0 Å². The lowest BCUT2D eigenvalue weighted by Crippen LogP contribution is -2.40. The van der Waals surface area contributed by atoms with Gasteiger partial charge in [0.15, 0.2) is 0 Å². The minimum atomic E-state index is 0.0583. The summed E-state index contributed by atoms with van der Waals surface area (Å²) in [7, 11) is 0. The van der Waals surface area contributed by atoms with E-state index in [1.807, 2.05) is 35.6 Å². The van der Waals surface area contributed by atoms with Crippen LogP contribution in [0.15, 0.2) is 21.3 Å². The second-order valence-electron chi connectivity index (χ2n) is 6.80. The van der Waals surface area contributed by atoms with E-state index in [-0.39, 0.29) is 5.91 Å². The Morgan fingerprint density at radius 2 is 2.35 bits per heavy atom. The first-order valence-electron chi connectivity index (χ1n) is 8.78. The molecule has 0 saturated carbocycles. The molecule has 1 amide bonds. The van der Waals surface area contributed by atoms with Crippen molar-refractivity contribution in [3.8, 4) is 11.4 Å². The lowest BCUT2D eigenvalue weighted by molar-refractivity contribution is 0.0666. The van der Waals surface area contributed by atoms with Gasteiger partial charge < -0.3 is 9.42 Å². The number of amides is 1. The largest absolute Gasteiger partial charge is 0.339 e. The van der Waals surface area contributed by atoms with Crippen LogP contribution < -0.4 is 0 Å². The van der Waals surface area contributed by atoms with E-state index in [0.717, 1.165) is 36.3 Å². The highest BCUT2D eigenvalue weighted by Gasteiger charge is 2.28. The third-order valence-corrected chi connectivity index (χ3v) is 5.54. The van der Waals surface area contributed by atoms with E-state index in [1.54, 1.807) is 11.3 Å². The van der Waals surface area contributed by atoms with Crippen molar-refractivity contribution >= 4 is 17.2 Å². The summed E-state index contributed by atoms with van der Waals surface area (Å²) in [6, 6.07) is 1.98. The van der Waals surface area contributed by atoms with Crippen LogP contribution in [0.25, 0.3) is 11.4 Å². The van der Waals surface area contributed by atoms with Crippen LogP contribution in [0.3, 0.4) is 0 Å². The molecule has 0 bridgehead atoms. The molecule has 0 aliphatic carbocycles. The zero-order chi connectivity index (χ0) is 18.1. The number of aromatic nitrogens is 4. The second kappa shape index (κ2) is 7.03. The molecule has 0 radical (unpaired) electrons. The van der Waals surface area contributed by atoms with Gasteiger partial charge in [0.1, 0.15) is 0 Å².